The molecule has 0 unspecified atom stereocenters. The minimum Gasteiger partial charge on any atom is -0.310 e. The van der Waals surface area contributed by atoms with Crippen LogP contribution in [0.2, 0.25) is 0 Å². The minimum absolute atomic E-state index is 0.607. The van der Waals surface area contributed by atoms with E-state index in [-0.39, 0.29) is 0 Å². The number of rotatable bonds is 5. The molecule has 0 amide bonds. The zero-order chi connectivity index (χ0) is 12.8. The predicted octanol–water partition coefficient (Wildman–Crippen LogP) is 3.43. The van der Waals surface area contributed by atoms with E-state index in [1.807, 2.05) is 12.4 Å². The van der Waals surface area contributed by atoms with Gasteiger partial charge in [-0.1, -0.05) is 32.3 Å². The molecular formula is C15H25N3. The average molecular weight is 247 g/mol. The number of hydrogen-bond donors (Lipinski definition) is 1. The van der Waals surface area contributed by atoms with Crippen molar-refractivity contribution in [2.45, 2.75) is 58.0 Å². The summed E-state index contributed by atoms with van der Waals surface area (Å²) in [6.45, 7) is 6.94. The van der Waals surface area contributed by atoms with E-state index in [1.54, 1.807) is 10.9 Å². The molecule has 0 bridgehead atoms. The highest BCUT2D eigenvalue weighted by molar-refractivity contribution is 5.17. The van der Waals surface area contributed by atoms with Crippen molar-refractivity contribution >= 4 is 6.20 Å². The molecule has 1 fully saturated rings. The van der Waals surface area contributed by atoms with Crippen molar-refractivity contribution in [3.05, 3.63) is 24.5 Å². The van der Waals surface area contributed by atoms with E-state index >= 15 is 0 Å². The monoisotopic (exact) mass is 247 g/mol. The number of nitrogens with one attached hydrogen (secondary N) is 1. The molecule has 0 radical (unpaired) electrons. The Balaban J connectivity index is 1.79. The van der Waals surface area contributed by atoms with Gasteiger partial charge >= 0.3 is 0 Å². The van der Waals surface area contributed by atoms with E-state index in [1.165, 1.54) is 44.1 Å². The number of aromatic nitrogens is 2. The van der Waals surface area contributed by atoms with Crippen molar-refractivity contribution in [3.63, 3.8) is 0 Å². The Morgan fingerprint density at radius 1 is 1.44 bits per heavy atom. The first-order valence-electron chi connectivity index (χ1n) is 7.18. The summed E-state index contributed by atoms with van der Waals surface area (Å²) in [6, 6.07) is 0.607. The van der Waals surface area contributed by atoms with Gasteiger partial charge in [-0.2, -0.15) is 5.10 Å². The third-order valence-electron chi connectivity index (χ3n) is 4.08. The first kappa shape index (κ1) is 13.3. The van der Waals surface area contributed by atoms with Gasteiger partial charge in [-0.25, -0.2) is 4.68 Å². The fraction of sp³-hybridized carbons (Fsp3) is 0.667. The normalized spacial score (nSPS) is 19.4. The molecule has 1 heterocycles. The molecule has 18 heavy (non-hydrogen) atoms. The molecule has 3 heteroatoms. The van der Waals surface area contributed by atoms with Crippen LogP contribution in [-0.4, -0.2) is 15.8 Å². The van der Waals surface area contributed by atoms with Crippen molar-refractivity contribution in [3.8, 4) is 0 Å². The van der Waals surface area contributed by atoms with Crippen molar-refractivity contribution < 1.29 is 0 Å². The van der Waals surface area contributed by atoms with Crippen LogP contribution in [0.5, 0.6) is 0 Å². The van der Waals surface area contributed by atoms with Crippen LogP contribution in [0.1, 0.15) is 51.0 Å². The Morgan fingerprint density at radius 2 is 2.17 bits per heavy atom. The summed E-state index contributed by atoms with van der Waals surface area (Å²) in [6.07, 6.45) is 14.1. The molecule has 100 valence electrons. The number of nitrogens with zero attached hydrogens (tertiary/aromatic N) is 2. The van der Waals surface area contributed by atoms with Crippen LogP contribution < -0.4 is 5.32 Å². The third-order valence-corrected chi connectivity index (χ3v) is 4.08. The van der Waals surface area contributed by atoms with E-state index in [0.29, 0.717) is 6.04 Å². The second kappa shape index (κ2) is 6.74. The maximum atomic E-state index is 4.20. The minimum atomic E-state index is 0.607. The Bertz CT molecular complexity index is 362. The van der Waals surface area contributed by atoms with Crippen LogP contribution >= 0.6 is 0 Å². The van der Waals surface area contributed by atoms with Crippen molar-refractivity contribution in [1.29, 1.82) is 0 Å². The van der Waals surface area contributed by atoms with Crippen LogP contribution in [0.25, 0.3) is 6.20 Å². The zero-order valence-electron chi connectivity index (χ0n) is 11.4. The van der Waals surface area contributed by atoms with Gasteiger partial charge in [0.2, 0.25) is 0 Å². The Hall–Kier alpha value is -1.09. The van der Waals surface area contributed by atoms with Crippen LogP contribution in [0, 0.1) is 5.92 Å². The summed E-state index contributed by atoms with van der Waals surface area (Å²) < 4.78 is 1.76. The van der Waals surface area contributed by atoms with Gasteiger partial charge in [-0.15, -0.1) is 0 Å². The van der Waals surface area contributed by atoms with E-state index < -0.39 is 0 Å². The lowest BCUT2D eigenvalue weighted by molar-refractivity contribution is 0.336. The highest BCUT2D eigenvalue weighted by Crippen LogP contribution is 2.25. The fourth-order valence-electron chi connectivity index (χ4n) is 2.82. The Kier molecular flexibility index (Phi) is 5.00. The Morgan fingerprint density at radius 3 is 2.78 bits per heavy atom. The van der Waals surface area contributed by atoms with Crippen LogP contribution in [0.3, 0.4) is 0 Å². The molecule has 1 aliphatic carbocycles. The zero-order valence-corrected chi connectivity index (χ0v) is 11.4. The largest absolute Gasteiger partial charge is 0.310 e. The Labute approximate surface area is 110 Å². The molecule has 1 aromatic heterocycles. The van der Waals surface area contributed by atoms with E-state index in [4.69, 9.17) is 0 Å². The standard InChI is InChI=1S/C15H25N3/c1-3-18-12-14(11-17-18)10-16-13(2)15-8-6-4-5-7-9-15/h3,11-13,15-16H,1,4-10H2,2H3/t13-/m1/s1. The van der Waals surface area contributed by atoms with E-state index in [2.05, 4.69) is 23.9 Å². The van der Waals surface area contributed by atoms with Gasteiger partial charge in [0.05, 0.1) is 6.20 Å². The average Bonchev–Trinajstić information content (AvgIpc) is 2.68. The molecule has 0 aliphatic heterocycles. The van der Waals surface area contributed by atoms with Gasteiger partial charge < -0.3 is 5.32 Å². The molecule has 1 N–H and O–H groups in total. The van der Waals surface area contributed by atoms with Crippen molar-refractivity contribution in [2.75, 3.05) is 0 Å². The van der Waals surface area contributed by atoms with Gasteiger partial charge in [-0.3, -0.25) is 0 Å². The molecule has 0 saturated heterocycles. The molecule has 1 atom stereocenters. The summed E-state index contributed by atoms with van der Waals surface area (Å²) in [4.78, 5) is 0. The molecule has 1 saturated carbocycles. The van der Waals surface area contributed by atoms with E-state index in [9.17, 15) is 0 Å². The lowest BCUT2D eigenvalue weighted by Crippen LogP contribution is -2.32. The van der Waals surface area contributed by atoms with Crippen molar-refractivity contribution in [1.82, 2.24) is 15.1 Å². The van der Waals surface area contributed by atoms with Gasteiger partial charge in [0, 0.05) is 30.5 Å². The molecule has 0 aromatic carbocycles. The highest BCUT2D eigenvalue weighted by Gasteiger charge is 2.18. The topological polar surface area (TPSA) is 29.9 Å². The molecule has 1 aromatic rings. The fourth-order valence-corrected chi connectivity index (χ4v) is 2.82. The third kappa shape index (κ3) is 3.70. The van der Waals surface area contributed by atoms with E-state index in [0.717, 1.165) is 12.5 Å². The van der Waals surface area contributed by atoms with Gasteiger partial charge in [0.1, 0.15) is 0 Å². The molecule has 0 spiro atoms. The molecule has 3 nitrogen and oxygen atoms in total. The van der Waals surface area contributed by atoms with Crippen LogP contribution in [-0.2, 0) is 6.54 Å². The second-order valence-electron chi connectivity index (χ2n) is 5.43. The summed E-state index contributed by atoms with van der Waals surface area (Å²) in [5.74, 6) is 0.849. The first-order valence-corrected chi connectivity index (χ1v) is 7.18. The van der Waals surface area contributed by atoms with Crippen LogP contribution in [0.15, 0.2) is 19.0 Å². The predicted molar refractivity (Wildman–Crippen MR) is 76.1 cm³/mol. The lowest BCUT2D eigenvalue weighted by atomic mass is 9.93. The van der Waals surface area contributed by atoms with Gasteiger partial charge in [0.25, 0.3) is 0 Å². The molecule has 1 aliphatic rings. The lowest BCUT2D eigenvalue weighted by Gasteiger charge is -2.23. The van der Waals surface area contributed by atoms with Gasteiger partial charge in [-0.05, 0) is 25.7 Å². The SMILES string of the molecule is C=Cn1cc(CN[C@H](C)C2CCCCCC2)cn1. The smallest absolute Gasteiger partial charge is 0.0538 e. The summed E-state index contributed by atoms with van der Waals surface area (Å²) in [5, 5.41) is 7.84. The highest BCUT2D eigenvalue weighted by atomic mass is 15.2. The first-order chi connectivity index (χ1) is 8.79. The quantitative estimate of drug-likeness (QED) is 0.808. The summed E-state index contributed by atoms with van der Waals surface area (Å²) in [7, 11) is 0. The summed E-state index contributed by atoms with van der Waals surface area (Å²) >= 11 is 0. The molecule has 2 rings (SSSR count). The number of hydrogen-bond acceptors (Lipinski definition) is 2. The van der Waals surface area contributed by atoms with Crippen molar-refractivity contribution in [2.24, 2.45) is 5.92 Å². The van der Waals surface area contributed by atoms with Crippen LogP contribution in [0.4, 0.5) is 0 Å². The molecular weight excluding hydrogens is 222 g/mol. The maximum Gasteiger partial charge on any atom is 0.0538 e. The second-order valence-corrected chi connectivity index (χ2v) is 5.43. The van der Waals surface area contributed by atoms with Gasteiger partial charge in [0.15, 0.2) is 0 Å². The summed E-state index contributed by atoms with van der Waals surface area (Å²) in [5.41, 5.74) is 1.23. The maximum absolute atomic E-state index is 4.20.